The number of aromatic nitrogens is 2. The number of hydrogen-bond donors (Lipinski definition) is 1. The van der Waals surface area contributed by atoms with E-state index in [1.807, 2.05) is 19.3 Å². The second kappa shape index (κ2) is 11.5. The van der Waals surface area contributed by atoms with Crippen molar-refractivity contribution >= 4 is 11.3 Å². The van der Waals surface area contributed by atoms with Crippen molar-refractivity contribution in [2.45, 2.75) is 78.9 Å². The molecule has 0 aliphatic heterocycles. The first kappa shape index (κ1) is 23.7. The smallest absolute Gasteiger partial charge is 0.130 e. The normalized spacial score (nSPS) is 11.0. The molecule has 0 amide bonds. The highest BCUT2D eigenvalue weighted by Gasteiger charge is 2.12. The second-order valence-electron chi connectivity index (χ2n) is 8.28. The van der Waals surface area contributed by atoms with E-state index >= 15 is 0 Å². The van der Waals surface area contributed by atoms with E-state index in [4.69, 9.17) is 4.74 Å². The van der Waals surface area contributed by atoms with Crippen LogP contribution in [-0.2, 0) is 6.54 Å². The maximum absolute atomic E-state index is 6.35. The largest absolute Gasteiger partial charge is 0.490 e. The summed E-state index contributed by atoms with van der Waals surface area (Å²) in [7, 11) is 0. The lowest BCUT2D eigenvalue weighted by atomic mass is 10.0. The first-order valence-electron chi connectivity index (χ1n) is 11.1. The van der Waals surface area contributed by atoms with Crippen LogP contribution < -0.4 is 10.1 Å². The van der Waals surface area contributed by atoms with E-state index in [2.05, 4.69) is 74.3 Å². The van der Waals surface area contributed by atoms with Crippen molar-refractivity contribution in [3.63, 3.8) is 0 Å². The quantitative estimate of drug-likeness (QED) is 0.423. The SMILES string of the molecule is C=C(C)c1cc(OC(CCC)CCC)cc(C(=C)NCc2cnc(C(C)C)nc2)c1. The summed E-state index contributed by atoms with van der Waals surface area (Å²) >= 11 is 0. The van der Waals surface area contributed by atoms with Gasteiger partial charge in [0.1, 0.15) is 11.6 Å². The molecule has 0 saturated heterocycles. The number of nitrogens with zero attached hydrogens (tertiary/aromatic N) is 2. The molecular formula is C26H37N3O. The van der Waals surface area contributed by atoms with Gasteiger partial charge in [-0.2, -0.15) is 0 Å². The number of rotatable bonds is 12. The van der Waals surface area contributed by atoms with Crippen molar-refractivity contribution in [3.05, 3.63) is 66.3 Å². The lowest BCUT2D eigenvalue weighted by molar-refractivity contribution is 0.178. The lowest BCUT2D eigenvalue weighted by Crippen LogP contribution is -2.16. The highest BCUT2D eigenvalue weighted by atomic mass is 16.5. The summed E-state index contributed by atoms with van der Waals surface area (Å²) < 4.78 is 6.35. The zero-order valence-electron chi connectivity index (χ0n) is 19.3. The zero-order chi connectivity index (χ0) is 22.1. The summed E-state index contributed by atoms with van der Waals surface area (Å²) in [4.78, 5) is 8.87. The van der Waals surface area contributed by atoms with Gasteiger partial charge in [0.25, 0.3) is 0 Å². The molecule has 30 heavy (non-hydrogen) atoms. The predicted molar refractivity (Wildman–Crippen MR) is 127 cm³/mol. The first-order chi connectivity index (χ1) is 14.3. The Morgan fingerprint density at radius 3 is 2.13 bits per heavy atom. The van der Waals surface area contributed by atoms with Gasteiger partial charge in [0.05, 0.1) is 6.10 Å². The van der Waals surface area contributed by atoms with Crippen LogP contribution in [0, 0.1) is 0 Å². The van der Waals surface area contributed by atoms with Crippen molar-refractivity contribution in [1.82, 2.24) is 15.3 Å². The minimum absolute atomic E-state index is 0.242. The predicted octanol–water partition coefficient (Wildman–Crippen LogP) is 6.74. The Kier molecular flexibility index (Phi) is 9.10. The fraction of sp³-hybridized carbons (Fsp3) is 0.462. The van der Waals surface area contributed by atoms with Gasteiger partial charge in [-0.3, -0.25) is 0 Å². The van der Waals surface area contributed by atoms with Crippen LogP contribution in [0.4, 0.5) is 0 Å². The van der Waals surface area contributed by atoms with Crippen molar-refractivity contribution < 1.29 is 4.74 Å². The summed E-state index contributed by atoms with van der Waals surface area (Å²) in [5.41, 5.74) is 4.96. The monoisotopic (exact) mass is 407 g/mol. The molecular weight excluding hydrogens is 370 g/mol. The second-order valence-corrected chi connectivity index (χ2v) is 8.28. The minimum atomic E-state index is 0.242. The molecule has 0 saturated carbocycles. The third-order valence-corrected chi connectivity index (χ3v) is 5.02. The number of benzene rings is 1. The Hall–Kier alpha value is -2.62. The molecule has 0 aliphatic carbocycles. The van der Waals surface area contributed by atoms with Gasteiger partial charge in [0, 0.05) is 41.7 Å². The van der Waals surface area contributed by atoms with E-state index in [1.54, 1.807) is 0 Å². The van der Waals surface area contributed by atoms with E-state index in [0.29, 0.717) is 12.5 Å². The molecule has 4 nitrogen and oxygen atoms in total. The number of allylic oxidation sites excluding steroid dienone is 1. The van der Waals surface area contributed by atoms with Crippen LogP contribution in [0.25, 0.3) is 11.3 Å². The van der Waals surface area contributed by atoms with Gasteiger partial charge < -0.3 is 10.1 Å². The standard InChI is InChI=1S/C26H37N3O/c1-8-10-24(11-9-2)30-25-13-22(18(3)4)12-23(14-25)20(7)27-15-21-16-28-26(19(5)6)29-17-21/h12-14,16-17,19,24,27H,3,7-11,15H2,1-2,4-6H3. The van der Waals surface area contributed by atoms with Gasteiger partial charge in [0.15, 0.2) is 0 Å². The van der Waals surface area contributed by atoms with E-state index in [0.717, 1.165) is 65.2 Å². The molecule has 1 heterocycles. The van der Waals surface area contributed by atoms with Gasteiger partial charge in [0.2, 0.25) is 0 Å². The van der Waals surface area contributed by atoms with Crippen molar-refractivity contribution in [2.75, 3.05) is 0 Å². The molecule has 0 spiro atoms. The third kappa shape index (κ3) is 7.01. The minimum Gasteiger partial charge on any atom is -0.490 e. The zero-order valence-corrected chi connectivity index (χ0v) is 19.3. The third-order valence-electron chi connectivity index (χ3n) is 5.02. The topological polar surface area (TPSA) is 47.0 Å². The van der Waals surface area contributed by atoms with Crippen LogP contribution in [0.5, 0.6) is 5.75 Å². The molecule has 0 unspecified atom stereocenters. The number of nitrogens with one attached hydrogen (secondary N) is 1. The first-order valence-corrected chi connectivity index (χ1v) is 11.1. The molecule has 1 aromatic carbocycles. The molecule has 4 heteroatoms. The molecule has 0 fully saturated rings. The van der Waals surface area contributed by atoms with E-state index in [9.17, 15) is 0 Å². The molecule has 2 aromatic rings. The van der Waals surface area contributed by atoms with Crippen LogP contribution in [-0.4, -0.2) is 16.1 Å². The Labute approximate surface area is 182 Å². The molecule has 1 N–H and O–H groups in total. The van der Waals surface area contributed by atoms with Gasteiger partial charge in [-0.25, -0.2) is 9.97 Å². The van der Waals surface area contributed by atoms with E-state index in [1.165, 1.54) is 0 Å². The number of ether oxygens (including phenoxy) is 1. The molecule has 0 atom stereocenters. The van der Waals surface area contributed by atoms with Crippen molar-refractivity contribution in [3.8, 4) is 5.75 Å². The Morgan fingerprint density at radius 1 is 1.00 bits per heavy atom. The average Bonchev–Trinajstić information content (AvgIpc) is 2.72. The van der Waals surface area contributed by atoms with Crippen LogP contribution in [0.15, 0.2) is 43.8 Å². The maximum Gasteiger partial charge on any atom is 0.130 e. The van der Waals surface area contributed by atoms with Crippen LogP contribution in [0.2, 0.25) is 0 Å². The number of hydrogen-bond acceptors (Lipinski definition) is 4. The van der Waals surface area contributed by atoms with Crippen LogP contribution >= 0.6 is 0 Å². The highest BCUT2D eigenvalue weighted by molar-refractivity contribution is 5.71. The Bertz CT molecular complexity index is 834. The van der Waals surface area contributed by atoms with Gasteiger partial charge >= 0.3 is 0 Å². The fourth-order valence-electron chi connectivity index (χ4n) is 3.25. The Balaban J connectivity index is 2.14. The van der Waals surface area contributed by atoms with Gasteiger partial charge in [-0.15, -0.1) is 0 Å². The van der Waals surface area contributed by atoms with E-state index < -0.39 is 0 Å². The van der Waals surface area contributed by atoms with Crippen LogP contribution in [0.3, 0.4) is 0 Å². The van der Waals surface area contributed by atoms with E-state index in [-0.39, 0.29) is 6.10 Å². The molecule has 0 aliphatic rings. The highest BCUT2D eigenvalue weighted by Crippen LogP contribution is 2.27. The van der Waals surface area contributed by atoms with Gasteiger partial charge in [-0.05, 0) is 43.5 Å². The summed E-state index contributed by atoms with van der Waals surface area (Å²) in [5, 5.41) is 3.40. The molecule has 0 radical (unpaired) electrons. The van der Waals surface area contributed by atoms with Crippen LogP contribution in [0.1, 0.15) is 88.7 Å². The Morgan fingerprint density at radius 2 is 1.60 bits per heavy atom. The fourth-order valence-corrected chi connectivity index (χ4v) is 3.25. The molecule has 1 aromatic heterocycles. The van der Waals surface area contributed by atoms with Crippen molar-refractivity contribution in [2.24, 2.45) is 0 Å². The summed E-state index contributed by atoms with van der Waals surface area (Å²) in [5.74, 6) is 2.07. The average molecular weight is 408 g/mol. The maximum atomic E-state index is 6.35. The summed E-state index contributed by atoms with van der Waals surface area (Å²) in [6.07, 6.45) is 8.35. The summed E-state index contributed by atoms with van der Waals surface area (Å²) in [6.45, 7) is 19.6. The molecule has 162 valence electrons. The van der Waals surface area contributed by atoms with Crippen molar-refractivity contribution in [1.29, 1.82) is 0 Å². The van der Waals surface area contributed by atoms with Gasteiger partial charge in [-0.1, -0.05) is 59.3 Å². The molecule has 0 bridgehead atoms. The summed E-state index contributed by atoms with van der Waals surface area (Å²) in [6, 6.07) is 6.26. The molecule has 2 rings (SSSR count). The lowest BCUT2D eigenvalue weighted by Gasteiger charge is -2.20.